The minimum absolute atomic E-state index is 0.0729. The molecule has 10 heteroatoms. The van der Waals surface area contributed by atoms with Gasteiger partial charge in [0, 0.05) is 42.3 Å². The van der Waals surface area contributed by atoms with Crippen molar-refractivity contribution in [2.75, 3.05) is 37.7 Å². The lowest BCUT2D eigenvalue weighted by Gasteiger charge is -2.28. The Hall–Kier alpha value is -5.09. The van der Waals surface area contributed by atoms with Crippen LogP contribution in [0.1, 0.15) is 28.2 Å². The lowest BCUT2D eigenvalue weighted by atomic mass is 10.1. The monoisotopic (exact) mass is 548 g/mol. The number of hydrogen-bond acceptors (Lipinski definition) is 7. The van der Waals surface area contributed by atoms with E-state index in [-0.39, 0.29) is 18.9 Å². The van der Waals surface area contributed by atoms with Crippen molar-refractivity contribution < 1.29 is 19.4 Å². The number of benzene rings is 2. The lowest BCUT2D eigenvalue weighted by molar-refractivity contribution is -0.136. The van der Waals surface area contributed by atoms with Gasteiger partial charge in [-0.25, -0.2) is 15.0 Å². The van der Waals surface area contributed by atoms with Crippen LogP contribution in [0.4, 0.5) is 5.82 Å². The first-order valence-electron chi connectivity index (χ1n) is 13.4. The van der Waals surface area contributed by atoms with Crippen LogP contribution in [0.5, 0.6) is 0 Å². The number of fused-ring (bicyclic) bond motifs is 2. The number of carboxylic acid groups (broad SMARTS) is 1. The third-order valence-corrected chi connectivity index (χ3v) is 6.92. The number of carbonyl (C=O) groups is 2. The summed E-state index contributed by atoms with van der Waals surface area (Å²) >= 11 is 0. The van der Waals surface area contributed by atoms with E-state index in [0.29, 0.717) is 18.8 Å². The maximum Gasteiger partial charge on any atom is 0.305 e. The molecule has 0 aliphatic carbocycles. The summed E-state index contributed by atoms with van der Waals surface area (Å²) in [6.45, 7) is 2.79. The Morgan fingerprint density at radius 3 is 2.54 bits per heavy atom. The zero-order valence-electron chi connectivity index (χ0n) is 22.2. The number of aliphatic carboxylic acids is 1. The van der Waals surface area contributed by atoms with Crippen molar-refractivity contribution in [2.45, 2.75) is 6.42 Å². The molecule has 41 heavy (non-hydrogen) atoms. The maximum absolute atomic E-state index is 12.4. The second-order valence-electron chi connectivity index (χ2n) is 9.66. The van der Waals surface area contributed by atoms with Gasteiger partial charge < -0.3 is 20.1 Å². The highest BCUT2D eigenvalue weighted by molar-refractivity contribution is 5.94. The summed E-state index contributed by atoms with van der Waals surface area (Å²) in [4.78, 5) is 39.8. The molecule has 4 heterocycles. The molecular weight excluding hydrogens is 520 g/mol. The van der Waals surface area contributed by atoms with Gasteiger partial charge in [-0.2, -0.15) is 0 Å². The fourth-order valence-corrected chi connectivity index (χ4v) is 4.80. The highest BCUT2D eigenvalue weighted by atomic mass is 16.5. The second kappa shape index (κ2) is 11.6. The number of anilines is 1. The molecule has 0 spiro atoms. The molecule has 1 saturated heterocycles. The number of nitrogens with zero attached hydrogens (tertiary/aromatic N) is 5. The summed E-state index contributed by atoms with van der Waals surface area (Å²) in [6, 6.07) is 19.2. The number of carboxylic acids is 1. The van der Waals surface area contributed by atoms with Crippen LogP contribution in [0.15, 0.2) is 73.1 Å². The number of para-hydroxylation sites is 1. The molecule has 5 aromatic rings. The van der Waals surface area contributed by atoms with Crippen molar-refractivity contribution in [1.29, 1.82) is 0 Å². The molecule has 2 N–H and O–H groups in total. The van der Waals surface area contributed by atoms with Crippen molar-refractivity contribution in [2.24, 2.45) is 0 Å². The predicted octanol–water partition coefficient (Wildman–Crippen LogP) is 4.16. The minimum Gasteiger partial charge on any atom is -0.481 e. The van der Waals surface area contributed by atoms with Crippen LogP contribution in [-0.2, 0) is 9.53 Å². The van der Waals surface area contributed by atoms with Gasteiger partial charge in [-0.05, 0) is 36.4 Å². The van der Waals surface area contributed by atoms with Crippen molar-refractivity contribution in [3.63, 3.8) is 0 Å². The van der Waals surface area contributed by atoms with E-state index in [1.54, 1.807) is 12.1 Å². The van der Waals surface area contributed by atoms with Crippen LogP contribution in [-0.4, -0.2) is 69.2 Å². The smallest absolute Gasteiger partial charge is 0.305 e. The van der Waals surface area contributed by atoms with E-state index in [2.05, 4.69) is 16.3 Å². The molecule has 3 aromatic heterocycles. The Balaban J connectivity index is 1.33. The largest absolute Gasteiger partial charge is 0.481 e. The Labute approximate surface area is 235 Å². The van der Waals surface area contributed by atoms with E-state index >= 15 is 0 Å². The Morgan fingerprint density at radius 1 is 0.951 bits per heavy atom. The summed E-state index contributed by atoms with van der Waals surface area (Å²) in [6.07, 6.45) is 7.56. The average molecular weight is 549 g/mol. The summed E-state index contributed by atoms with van der Waals surface area (Å²) in [5, 5.41) is 12.5. The standard InChI is InChI=1S/C31H28N6O4/c38-28(39)13-14-32-31(40)23-7-5-22(6-8-23)27-19-33-29(36-15-17-41-18-16-36)30-35-25(20-37(27)30)12-11-24-10-9-21-3-1-2-4-26(21)34-24/h1-12,19-20H,13-18H2,(H,32,40)(H,38,39). The first-order valence-corrected chi connectivity index (χ1v) is 13.4. The summed E-state index contributed by atoms with van der Waals surface area (Å²) in [5.74, 6) is -0.489. The quantitative estimate of drug-likeness (QED) is 0.297. The van der Waals surface area contributed by atoms with E-state index in [0.717, 1.165) is 58.1 Å². The van der Waals surface area contributed by atoms with Gasteiger partial charge in [0.15, 0.2) is 11.5 Å². The molecule has 1 amide bonds. The van der Waals surface area contributed by atoms with Crippen molar-refractivity contribution in [1.82, 2.24) is 24.7 Å². The maximum atomic E-state index is 12.4. The van der Waals surface area contributed by atoms with Gasteiger partial charge in [-0.1, -0.05) is 36.4 Å². The molecule has 1 aliphatic rings. The number of pyridine rings is 1. The number of rotatable bonds is 8. The molecule has 1 aliphatic heterocycles. The van der Waals surface area contributed by atoms with Crippen LogP contribution >= 0.6 is 0 Å². The number of nitrogens with one attached hydrogen (secondary N) is 1. The van der Waals surface area contributed by atoms with Crippen LogP contribution < -0.4 is 10.2 Å². The van der Waals surface area contributed by atoms with Crippen molar-refractivity contribution in [3.8, 4) is 11.3 Å². The third kappa shape index (κ3) is 5.78. The second-order valence-corrected chi connectivity index (χ2v) is 9.66. The number of morpholine rings is 1. The van der Waals surface area contributed by atoms with E-state index in [4.69, 9.17) is 24.8 Å². The predicted molar refractivity (Wildman–Crippen MR) is 157 cm³/mol. The van der Waals surface area contributed by atoms with E-state index in [1.807, 2.05) is 71.4 Å². The van der Waals surface area contributed by atoms with Crippen LogP contribution in [0.3, 0.4) is 0 Å². The lowest BCUT2D eigenvalue weighted by Crippen LogP contribution is -2.37. The van der Waals surface area contributed by atoms with Gasteiger partial charge in [0.2, 0.25) is 0 Å². The molecular formula is C31H28N6O4. The van der Waals surface area contributed by atoms with E-state index in [9.17, 15) is 9.59 Å². The first kappa shape index (κ1) is 26.1. The molecule has 6 rings (SSSR count). The Morgan fingerprint density at radius 2 is 1.73 bits per heavy atom. The van der Waals surface area contributed by atoms with Crippen LogP contribution in [0.25, 0.3) is 40.0 Å². The van der Waals surface area contributed by atoms with Gasteiger partial charge in [0.25, 0.3) is 5.91 Å². The van der Waals surface area contributed by atoms with Crippen LogP contribution in [0, 0.1) is 0 Å². The van der Waals surface area contributed by atoms with Gasteiger partial charge >= 0.3 is 5.97 Å². The molecule has 206 valence electrons. The summed E-state index contributed by atoms with van der Waals surface area (Å²) in [5.41, 5.74) is 5.40. The average Bonchev–Trinajstić information content (AvgIpc) is 3.44. The van der Waals surface area contributed by atoms with Crippen molar-refractivity contribution in [3.05, 3.63) is 90.0 Å². The number of carbonyl (C=O) groups excluding carboxylic acids is 1. The van der Waals surface area contributed by atoms with Crippen LogP contribution in [0.2, 0.25) is 0 Å². The zero-order valence-corrected chi connectivity index (χ0v) is 22.2. The summed E-state index contributed by atoms with van der Waals surface area (Å²) in [7, 11) is 0. The first-order chi connectivity index (χ1) is 20.0. The third-order valence-electron chi connectivity index (χ3n) is 6.92. The molecule has 2 aromatic carbocycles. The SMILES string of the molecule is O=C(O)CCNC(=O)c1ccc(-c2cnc(N3CCOCC3)c3nc(C=Cc4ccc5ccccc5n4)cn23)cc1. The number of aromatic nitrogens is 4. The Bertz CT molecular complexity index is 1760. The number of amides is 1. The molecule has 0 atom stereocenters. The fraction of sp³-hybridized carbons (Fsp3) is 0.194. The minimum atomic E-state index is -0.958. The molecule has 0 radical (unpaired) electrons. The van der Waals surface area contributed by atoms with Gasteiger partial charge in [0.1, 0.15) is 0 Å². The topological polar surface area (TPSA) is 122 Å². The van der Waals surface area contributed by atoms with Gasteiger partial charge in [-0.15, -0.1) is 0 Å². The molecule has 0 bridgehead atoms. The number of imidazole rings is 1. The molecule has 0 unspecified atom stereocenters. The van der Waals surface area contributed by atoms with Crippen molar-refractivity contribution >= 4 is 46.4 Å². The number of ether oxygens (including phenoxy) is 1. The van der Waals surface area contributed by atoms with Gasteiger partial charge in [0.05, 0.1) is 48.4 Å². The Kier molecular flexibility index (Phi) is 7.38. The van der Waals surface area contributed by atoms with E-state index < -0.39 is 5.97 Å². The normalized spacial score (nSPS) is 13.7. The highest BCUT2D eigenvalue weighted by Crippen LogP contribution is 2.28. The molecule has 1 fully saturated rings. The molecule has 0 saturated carbocycles. The molecule has 10 nitrogen and oxygen atoms in total. The summed E-state index contributed by atoms with van der Waals surface area (Å²) < 4.78 is 7.56. The zero-order chi connectivity index (χ0) is 28.2. The highest BCUT2D eigenvalue weighted by Gasteiger charge is 2.20. The number of hydrogen-bond donors (Lipinski definition) is 2. The van der Waals surface area contributed by atoms with Gasteiger partial charge in [-0.3, -0.25) is 14.0 Å². The van der Waals surface area contributed by atoms with E-state index in [1.165, 1.54) is 0 Å². The fourth-order valence-electron chi connectivity index (χ4n) is 4.80.